The molecule has 0 spiro atoms. The zero-order valence-corrected chi connectivity index (χ0v) is 16.8. The van der Waals surface area contributed by atoms with Gasteiger partial charge in [0.1, 0.15) is 0 Å². The first-order valence-corrected chi connectivity index (χ1v) is 9.56. The predicted octanol–water partition coefficient (Wildman–Crippen LogP) is 7.74. The Morgan fingerprint density at radius 3 is 0.962 bits per heavy atom. The van der Waals surface area contributed by atoms with Crippen molar-refractivity contribution in [3.05, 3.63) is 71.8 Å². The molecule has 0 heteroatoms. The second-order valence-electron chi connectivity index (χ2n) is 9.53. The standard InChI is InChI=1S/C26H28/c1-25(2,3)23-15-21-19-13-9-7-11-17(19)18-12-8-10-14-20(18)22(21)16-24(23)26(4,5)6/h7-16H,1-6H3. The Hall–Kier alpha value is -2.34. The van der Waals surface area contributed by atoms with Crippen molar-refractivity contribution in [2.24, 2.45) is 0 Å². The molecule has 0 heterocycles. The van der Waals surface area contributed by atoms with Gasteiger partial charge in [-0.05, 0) is 66.4 Å². The average Bonchev–Trinajstić information content (AvgIpc) is 2.59. The molecule has 0 aliphatic carbocycles. The molecule has 4 rings (SSSR count). The number of hydrogen-bond acceptors (Lipinski definition) is 0. The number of benzene rings is 4. The van der Waals surface area contributed by atoms with Crippen LogP contribution < -0.4 is 0 Å². The maximum Gasteiger partial charge on any atom is -0.00958 e. The summed E-state index contributed by atoms with van der Waals surface area (Å²) in [6, 6.07) is 22.6. The first kappa shape index (κ1) is 17.1. The minimum Gasteiger partial charge on any atom is -0.0616 e. The molecule has 132 valence electrons. The van der Waals surface area contributed by atoms with Gasteiger partial charge in [-0.3, -0.25) is 0 Å². The van der Waals surface area contributed by atoms with Crippen LogP contribution in [-0.2, 0) is 10.8 Å². The summed E-state index contributed by atoms with van der Waals surface area (Å²) in [6.45, 7) is 14.0. The molecule has 0 aromatic heterocycles. The summed E-state index contributed by atoms with van der Waals surface area (Å²) in [6.07, 6.45) is 0. The molecule has 0 N–H and O–H groups in total. The van der Waals surface area contributed by atoms with Crippen molar-refractivity contribution in [3.63, 3.8) is 0 Å². The highest BCUT2D eigenvalue weighted by Crippen LogP contribution is 2.41. The smallest absolute Gasteiger partial charge is 0.00958 e. The molecule has 0 aliphatic heterocycles. The molecule has 0 bridgehead atoms. The van der Waals surface area contributed by atoms with Gasteiger partial charge in [0.2, 0.25) is 0 Å². The lowest BCUT2D eigenvalue weighted by Gasteiger charge is -2.31. The second-order valence-corrected chi connectivity index (χ2v) is 9.53. The van der Waals surface area contributed by atoms with Gasteiger partial charge in [0.25, 0.3) is 0 Å². The van der Waals surface area contributed by atoms with Crippen molar-refractivity contribution in [2.75, 3.05) is 0 Å². The lowest BCUT2D eigenvalue weighted by Crippen LogP contribution is -2.22. The van der Waals surface area contributed by atoms with Crippen molar-refractivity contribution in [1.29, 1.82) is 0 Å². The van der Waals surface area contributed by atoms with Gasteiger partial charge in [-0.2, -0.15) is 0 Å². The van der Waals surface area contributed by atoms with Crippen LogP contribution in [0.1, 0.15) is 52.7 Å². The minimum atomic E-state index is 0.115. The van der Waals surface area contributed by atoms with Crippen molar-refractivity contribution in [3.8, 4) is 0 Å². The first-order valence-electron chi connectivity index (χ1n) is 9.56. The first-order chi connectivity index (χ1) is 12.2. The zero-order valence-electron chi connectivity index (χ0n) is 16.8. The van der Waals surface area contributed by atoms with Crippen molar-refractivity contribution < 1.29 is 0 Å². The van der Waals surface area contributed by atoms with Crippen LogP contribution in [0.25, 0.3) is 32.3 Å². The van der Waals surface area contributed by atoms with Crippen molar-refractivity contribution >= 4 is 32.3 Å². The normalized spacial score (nSPS) is 13.0. The van der Waals surface area contributed by atoms with E-state index in [1.807, 2.05) is 0 Å². The predicted molar refractivity (Wildman–Crippen MR) is 116 cm³/mol. The molecule has 0 saturated heterocycles. The van der Waals surface area contributed by atoms with Crippen LogP contribution in [0.4, 0.5) is 0 Å². The van der Waals surface area contributed by atoms with Gasteiger partial charge in [-0.1, -0.05) is 90.1 Å². The van der Waals surface area contributed by atoms with E-state index in [-0.39, 0.29) is 10.8 Å². The minimum absolute atomic E-state index is 0.115. The van der Waals surface area contributed by atoms with E-state index in [0.29, 0.717) is 0 Å². The van der Waals surface area contributed by atoms with Crippen LogP contribution in [0.5, 0.6) is 0 Å². The van der Waals surface area contributed by atoms with Crippen LogP contribution in [0.15, 0.2) is 60.7 Å². The van der Waals surface area contributed by atoms with Gasteiger partial charge in [0.05, 0.1) is 0 Å². The third-order valence-corrected chi connectivity index (χ3v) is 5.50. The SMILES string of the molecule is CC(C)(C)c1cc2c3ccccc3c3ccccc3c2cc1C(C)(C)C. The Bertz CT molecular complexity index is 1040. The molecule has 0 aliphatic rings. The highest BCUT2D eigenvalue weighted by molar-refractivity contribution is 6.25. The molecule has 0 fully saturated rings. The highest BCUT2D eigenvalue weighted by Gasteiger charge is 2.26. The summed E-state index contributed by atoms with van der Waals surface area (Å²) in [4.78, 5) is 0. The molecule has 0 atom stereocenters. The fourth-order valence-electron chi connectivity index (χ4n) is 4.19. The second kappa shape index (κ2) is 5.58. The molecule has 0 saturated carbocycles. The molecule has 4 aromatic carbocycles. The topological polar surface area (TPSA) is 0 Å². The Morgan fingerprint density at radius 1 is 0.423 bits per heavy atom. The summed E-state index contributed by atoms with van der Waals surface area (Å²) < 4.78 is 0. The Kier molecular flexibility index (Phi) is 3.67. The fraction of sp³-hybridized carbons (Fsp3) is 0.308. The van der Waals surface area contributed by atoms with E-state index in [1.165, 1.54) is 43.4 Å². The highest BCUT2D eigenvalue weighted by atomic mass is 14.3. The maximum atomic E-state index is 2.46. The Labute approximate surface area is 156 Å². The lowest BCUT2D eigenvalue weighted by molar-refractivity contribution is 0.531. The lowest BCUT2D eigenvalue weighted by atomic mass is 9.73. The van der Waals surface area contributed by atoms with Crippen molar-refractivity contribution in [1.82, 2.24) is 0 Å². The molecule has 4 aromatic rings. The van der Waals surface area contributed by atoms with Crippen LogP contribution in [0, 0.1) is 0 Å². The monoisotopic (exact) mass is 340 g/mol. The van der Waals surface area contributed by atoms with Gasteiger partial charge in [-0.25, -0.2) is 0 Å². The van der Waals surface area contributed by atoms with Crippen molar-refractivity contribution in [2.45, 2.75) is 52.4 Å². The van der Waals surface area contributed by atoms with Gasteiger partial charge in [0.15, 0.2) is 0 Å². The van der Waals surface area contributed by atoms with Crippen LogP contribution in [-0.4, -0.2) is 0 Å². The quantitative estimate of drug-likeness (QED) is 0.287. The summed E-state index contributed by atoms with van der Waals surface area (Å²) in [5.41, 5.74) is 3.14. The van der Waals surface area contributed by atoms with Crippen LogP contribution >= 0.6 is 0 Å². The summed E-state index contributed by atoms with van der Waals surface area (Å²) >= 11 is 0. The van der Waals surface area contributed by atoms with E-state index < -0.39 is 0 Å². The van der Waals surface area contributed by atoms with E-state index in [4.69, 9.17) is 0 Å². The third-order valence-electron chi connectivity index (χ3n) is 5.50. The molecule has 0 amide bonds. The van der Waals surface area contributed by atoms with Crippen LogP contribution in [0.2, 0.25) is 0 Å². The maximum absolute atomic E-state index is 2.46. The average molecular weight is 341 g/mol. The molecular weight excluding hydrogens is 312 g/mol. The number of fused-ring (bicyclic) bond motifs is 6. The number of hydrogen-bond donors (Lipinski definition) is 0. The molecule has 0 nitrogen and oxygen atoms in total. The molecule has 26 heavy (non-hydrogen) atoms. The Balaban J connectivity index is 2.30. The molecule has 0 radical (unpaired) electrons. The fourth-order valence-corrected chi connectivity index (χ4v) is 4.19. The van der Waals surface area contributed by atoms with E-state index >= 15 is 0 Å². The van der Waals surface area contributed by atoms with Gasteiger partial charge in [0, 0.05) is 0 Å². The Morgan fingerprint density at radius 2 is 0.692 bits per heavy atom. The largest absolute Gasteiger partial charge is 0.0616 e. The van der Waals surface area contributed by atoms with Gasteiger partial charge >= 0.3 is 0 Å². The summed E-state index contributed by atoms with van der Waals surface area (Å²) in [7, 11) is 0. The molecule has 0 unspecified atom stereocenters. The van der Waals surface area contributed by atoms with Gasteiger partial charge in [-0.15, -0.1) is 0 Å². The summed E-state index contributed by atoms with van der Waals surface area (Å²) in [5, 5.41) is 8.15. The van der Waals surface area contributed by atoms with E-state index in [2.05, 4.69) is 102 Å². The zero-order chi connectivity index (χ0) is 18.7. The summed E-state index contributed by atoms with van der Waals surface area (Å²) in [5.74, 6) is 0. The van der Waals surface area contributed by atoms with E-state index in [0.717, 1.165) is 0 Å². The molecular formula is C26H28. The van der Waals surface area contributed by atoms with Crippen LogP contribution in [0.3, 0.4) is 0 Å². The van der Waals surface area contributed by atoms with E-state index in [9.17, 15) is 0 Å². The number of rotatable bonds is 0. The third kappa shape index (κ3) is 2.60. The van der Waals surface area contributed by atoms with Gasteiger partial charge < -0.3 is 0 Å². The van der Waals surface area contributed by atoms with E-state index in [1.54, 1.807) is 0 Å².